The third kappa shape index (κ3) is 3.46. The zero-order valence-corrected chi connectivity index (χ0v) is 15.5. The molecule has 0 saturated carbocycles. The molecule has 1 aliphatic heterocycles. The Labute approximate surface area is 151 Å². The maximum Gasteiger partial charge on any atom is 0.256 e. The van der Waals surface area contributed by atoms with Crippen LogP contribution in [0.1, 0.15) is 18.4 Å². The van der Waals surface area contributed by atoms with Gasteiger partial charge < -0.3 is 4.43 Å². The Morgan fingerprint density at radius 1 is 0.720 bits per heavy atom. The number of hydrogen-bond donors (Lipinski definition) is 0. The first-order chi connectivity index (χ1) is 12.4. The van der Waals surface area contributed by atoms with Gasteiger partial charge in [0.25, 0.3) is 8.32 Å². The normalized spacial score (nSPS) is 19.4. The van der Waals surface area contributed by atoms with Gasteiger partial charge in [0.15, 0.2) is 0 Å². The average Bonchev–Trinajstić information content (AvgIpc) is 2.70. The van der Waals surface area contributed by atoms with Gasteiger partial charge in [-0.1, -0.05) is 97.4 Å². The van der Waals surface area contributed by atoms with Gasteiger partial charge in [-0.25, -0.2) is 0 Å². The van der Waals surface area contributed by atoms with Gasteiger partial charge in [0, 0.05) is 6.10 Å². The molecule has 1 heterocycles. The largest absolute Gasteiger partial charge is 0.405 e. The van der Waals surface area contributed by atoms with Crippen LogP contribution in [0.5, 0.6) is 0 Å². The number of benzene rings is 3. The van der Waals surface area contributed by atoms with Crippen LogP contribution >= 0.6 is 0 Å². The molecule has 0 radical (unpaired) electrons. The van der Waals surface area contributed by atoms with Crippen LogP contribution < -0.4 is 10.4 Å². The van der Waals surface area contributed by atoms with Gasteiger partial charge in [-0.15, -0.1) is 0 Å². The molecule has 0 spiro atoms. The SMILES string of the molecule is c1ccc(CC2CCC[Si](c3ccccc3)(c3ccccc3)O2)cc1. The summed E-state index contributed by atoms with van der Waals surface area (Å²) in [6.07, 6.45) is 3.72. The van der Waals surface area contributed by atoms with E-state index >= 15 is 0 Å². The zero-order chi connectivity index (χ0) is 17.0. The molecule has 0 bridgehead atoms. The van der Waals surface area contributed by atoms with Crippen molar-refractivity contribution in [1.29, 1.82) is 0 Å². The first kappa shape index (κ1) is 16.3. The highest BCUT2D eigenvalue weighted by atomic mass is 28.4. The summed E-state index contributed by atoms with van der Waals surface area (Å²) in [6.45, 7) is 0. The van der Waals surface area contributed by atoms with E-state index in [1.54, 1.807) is 0 Å². The Bertz CT molecular complexity index is 747. The van der Waals surface area contributed by atoms with E-state index in [1.807, 2.05) is 0 Å². The topological polar surface area (TPSA) is 9.23 Å². The smallest absolute Gasteiger partial charge is 0.256 e. The first-order valence-corrected chi connectivity index (χ1v) is 11.3. The van der Waals surface area contributed by atoms with Crippen LogP contribution in [0.15, 0.2) is 91.0 Å². The molecule has 0 aliphatic carbocycles. The molecule has 25 heavy (non-hydrogen) atoms. The van der Waals surface area contributed by atoms with E-state index in [0.717, 1.165) is 12.8 Å². The van der Waals surface area contributed by atoms with Crippen LogP contribution in [0.25, 0.3) is 0 Å². The van der Waals surface area contributed by atoms with E-state index in [0.29, 0.717) is 6.10 Å². The molecule has 126 valence electrons. The van der Waals surface area contributed by atoms with E-state index < -0.39 is 8.32 Å². The fraction of sp³-hybridized carbons (Fsp3) is 0.217. The minimum absolute atomic E-state index is 0.309. The highest BCUT2D eigenvalue weighted by Crippen LogP contribution is 2.28. The molecule has 1 nitrogen and oxygen atoms in total. The molecular formula is C23H24OSi. The van der Waals surface area contributed by atoms with Crippen LogP contribution in [0.3, 0.4) is 0 Å². The van der Waals surface area contributed by atoms with Crippen LogP contribution in [0, 0.1) is 0 Å². The van der Waals surface area contributed by atoms with Crippen LogP contribution in [0.2, 0.25) is 6.04 Å². The molecule has 3 aromatic carbocycles. The summed E-state index contributed by atoms with van der Waals surface area (Å²) in [5.41, 5.74) is 1.37. The summed E-state index contributed by atoms with van der Waals surface area (Å²) >= 11 is 0. The monoisotopic (exact) mass is 344 g/mol. The maximum absolute atomic E-state index is 6.99. The van der Waals surface area contributed by atoms with Crippen molar-refractivity contribution in [2.45, 2.75) is 31.4 Å². The van der Waals surface area contributed by atoms with Crippen molar-refractivity contribution in [2.75, 3.05) is 0 Å². The standard InChI is InChI=1S/C23H24OSi/c1-4-11-20(12-5-1)19-21-13-10-18-25(24-21,22-14-6-2-7-15-22)23-16-8-3-9-17-23/h1-9,11-12,14-17,21H,10,13,18-19H2. The number of hydrogen-bond acceptors (Lipinski definition) is 1. The van der Waals surface area contributed by atoms with Crippen molar-refractivity contribution in [1.82, 2.24) is 0 Å². The molecule has 1 saturated heterocycles. The van der Waals surface area contributed by atoms with E-state index in [4.69, 9.17) is 4.43 Å². The maximum atomic E-state index is 6.99. The summed E-state index contributed by atoms with van der Waals surface area (Å²) in [5.74, 6) is 0. The predicted octanol–water partition coefficient (Wildman–Crippen LogP) is 4.17. The lowest BCUT2D eigenvalue weighted by Gasteiger charge is -2.40. The van der Waals surface area contributed by atoms with Crippen molar-refractivity contribution < 1.29 is 4.43 Å². The lowest BCUT2D eigenvalue weighted by molar-refractivity contribution is 0.167. The highest BCUT2D eigenvalue weighted by molar-refractivity contribution is 6.97. The Hall–Kier alpha value is -2.16. The van der Waals surface area contributed by atoms with E-state index in [2.05, 4.69) is 91.0 Å². The molecule has 1 fully saturated rings. The van der Waals surface area contributed by atoms with E-state index in [9.17, 15) is 0 Å². The zero-order valence-electron chi connectivity index (χ0n) is 14.5. The molecule has 0 aromatic heterocycles. The van der Waals surface area contributed by atoms with Crippen LogP contribution in [-0.4, -0.2) is 14.4 Å². The van der Waals surface area contributed by atoms with Crippen LogP contribution in [-0.2, 0) is 10.8 Å². The van der Waals surface area contributed by atoms with Gasteiger partial charge >= 0.3 is 0 Å². The van der Waals surface area contributed by atoms with Gasteiger partial charge in [-0.3, -0.25) is 0 Å². The Morgan fingerprint density at radius 2 is 1.24 bits per heavy atom. The summed E-state index contributed by atoms with van der Waals surface area (Å²) in [4.78, 5) is 0. The summed E-state index contributed by atoms with van der Waals surface area (Å²) < 4.78 is 6.99. The van der Waals surface area contributed by atoms with Crippen molar-refractivity contribution in [2.24, 2.45) is 0 Å². The average molecular weight is 345 g/mol. The molecule has 1 unspecified atom stereocenters. The van der Waals surface area contributed by atoms with Crippen molar-refractivity contribution >= 4 is 18.7 Å². The predicted molar refractivity (Wildman–Crippen MR) is 107 cm³/mol. The Kier molecular flexibility index (Phi) is 4.82. The van der Waals surface area contributed by atoms with Gasteiger partial charge in [0.05, 0.1) is 0 Å². The summed E-state index contributed by atoms with van der Waals surface area (Å²) in [6, 6.07) is 33.8. The molecule has 2 heteroatoms. The molecular weight excluding hydrogens is 320 g/mol. The van der Waals surface area contributed by atoms with Gasteiger partial charge in [0.1, 0.15) is 0 Å². The number of rotatable bonds is 4. The molecule has 1 atom stereocenters. The second kappa shape index (κ2) is 7.38. The summed E-state index contributed by atoms with van der Waals surface area (Å²) in [5, 5.41) is 2.80. The molecule has 4 rings (SSSR count). The molecule has 0 amide bonds. The van der Waals surface area contributed by atoms with E-state index in [-0.39, 0.29) is 0 Å². The minimum Gasteiger partial charge on any atom is -0.405 e. The van der Waals surface area contributed by atoms with Gasteiger partial charge in [0.2, 0.25) is 0 Å². The van der Waals surface area contributed by atoms with Gasteiger partial charge in [-0.05, 0) is 34.8 Å². The fourth-order valence-electron chi connectivity index (χ4n) is 4.01. The molecule has 0 N–H and O–H groups in total. The second-order valence-corrected chi connectivity index (χ2v) is 10.4. The van der Waals surface area contributed by atoms with Gasteiger partial charge in [-0.2, -0.15) is 0 Å². The van der Waals surface area contributed by atoms with Crippen molar-refractivity contribution in [3.8, 4) is 0 Å². The fourth-order valence-corrected chi connectivity index (χ4v) is 8.24. The second-order valence-electron chi connectivity index (χ2n) is 6.88. The lowest BCUT2D eigenvalue weighted by Crippen LogP contribution is -2.64. The highest BCUT2D eigenvalue weighted by Gasteiger charge is 2.43. The van der Waals surface area contributed by atoms with E-state index in [1.165, 1.54) is 28.4 Å². The quantitative estimate of drug-likeness (QED) is 0.646. The first-order valence-electron chi connectivity index (χ1n) is 9.20. The molecule has 1 aliphatic rings. The lowest BCUT2D eigenvalue weighted by atomic mass is 10.0. The van der Waals surface area contributed by atoms with Crippen molar-refractivity contribution in [3.63, 3.8) is 0 Å². The van der Waals surface area contributed by atoms with Crippen molar-refractivity contribution in [3.05, 3.63) is 96.6 Å². The third-order valence-corrected chi connectivity index (χ3v) is 9.53. The third-order valence-electron chi connectivity index (χ3n) is 5.21. The summed E-state index contributed by atoms with van der Waals surface area (Å²) in [7, 11) is -2.15. The Morgan fingerprint density at radius 3 is 1.80 bits per heavy atom. The minimum atomic E-state index is -2.15. The van der Waals surface area contributed by atoms with Crippen LogP contribution in [0.4, 0.5) is 0 Å². The molecule has 3 aromatic rings. The Balaban J connectivity index is 1.69.